The molecule has 1 fully saturated rings. The summed E-state index contributed by atoms with van der Waals surface area (Å²) in [6.45, 7) is 3.74. The van der Waals surface area contributed by atoms with E-state index in [2.05, 4.69) is 17.1 Å². The maximum atomic E-state index is 11.6. The number of hydrogen-bond acceptors (Lipinski definition) is 4. The maximum absolute atomic E-state index is 11.6. The fraction of sp³-hybridized carbons (Fsp3) is 0.833. The zero-order valence-corrected chi connectivity index (χ0v) is 11.7. The Kier molecular flexibility index (Phi) is 5.31. The molecule has 6 heteroatoms. The van der Waals surface area contributed by atoms with Gasteiger partial charge in [0, 0.05) is 18.9 Å². The second-order valence-electron chi connectivity index (χ2n) is 4.62. The van der Waals surface area contributed by atoms with E-state index < -0.39 is 0 Å². The average molecular weight is 271 g/mol. The van der Waals surface area contributed by atoms with Crippen LogP contribution >= 0.6 is 11.8 Å². The number of nitrogens with one attached hydrogen (secondary N) is 1. The van der Waals surface area contributed by atoms with Gasteiger partial charge in [0.1, 0.15) is 0 Å². The lowest BCUT2D eigenvalue weighted by molar-refractivity contribution is 0.0315. The van der Waals surface area contributed by atoms with Gasteiger partial charge in [-0.25, -0.2) is 9.89 Å². The Morgan fingerprint density at radius 3 is 3.17 bits per heavy atom. The first-order valence-corrected chi connectivity index (χ1v) is 7.69. The maximum Gasteiger partial charge on any atom is 0.343 e. The zero-order chi connectivity index (χ0) is 12.8. The average Bonchev–Trinajstić information content (AvgIpc) is 2.76. The molecule has 1 N–H and O–H groups in total. The molecular formula is C12H21N3O2S. The largest absolute Gasteiger partial charge is 0.377 e. The first kappa shape index (κ1) is 13.7. The van der Waals surface area contributed by atoms with Crippen LogP contribution in [0.2, 0.25) is 0 Å². The summed E-state index contributed by atoms with van der Waals surface area (Å²) in [6.07, 6.45) is 5.94. The Bertz CT molecular complexity index is 410. The molecule has 102 valence electrons. The number of rotatable bonds is 6. The van der Waals surface area contributed by atoms with Crippen molar-refractivity contribution in [3.63, 3.8) is 0 Å². The predicted octanol–water partition coefficient (Wildman–Crippen LogP) is 2.03. The first-order valence-electron chi connectivity index (χ1n) is 6.71. The van der Waals surface area contributed by atoms with Gasteiger partial charge in [0.15, 0.2) is 5.16 Å². The van der Waals surface area contributed by atoms with Gasteiger partial charge in [-0.2, -0.15) is 0 Å². The second kappa shape index (κ2) is 6.99. The monoisotopic (exact) mass is 271 g/mol. The Balaban J connectivity index is 1.89. The van der Waals surface area contributed by atoms with Gasteiger partial charge in [-0.15, -0.1) is 5.10 Å². The molecular weight excluding hydrogens is 250 g/mol. The van der Waals surface area contributed by atoms with Crippen LogP contribution in [0.3, 0.4) is 0 Å². The van der Waals surface area contributed by atoms with Crippen molar-refractivity contribution in [3.8, 4) is 0 Å². The standard InChI is InChI=1S/C12H21N3O2S/c1-2-3-7-15-11(16)13-14-12(15)18-9-10-6-4-5-8-17-10/h10H,2-9H2,1H3,(H,13,16). The van der Waals surface area contributed by atoms with E-state index in [1.54, 1.807) is 16.3 Å². The normalized spacial score (nSPS) is 20.2. The van der Waals surface area contributed by atoms with Gasteiger partial charge < -0.3 is 4.74 Å². The van der Waals surface area contributed by atoms with Crippen LogP contribution in [0.25, 0.3) is 0 Å². The summed E-state index contributed by atoms with van der Waals surface area (Å²) in [6, 6.07) is 0. The highest BCUT2D eigenvalue weighted by Crippen LogP contribution is 2.21. The first-order chi connectivity index (χ1) is 8.81. The summed E-state index contributed by atoms with van der Waals surface area (Å²) in [5.41, 5.74) is -0.101. The van der Waals surface area contributed by atoms with E-state index in [1.165, 1.54) is 12.8 Å². The van der Waals surface area contributed by atoms with Crippen LogP contribution in [-0.4, -0.2) is 33.2 Å². The number of thioether (sulfide) groups is 1. The van der Waals surface area contributed by atoms with Gasteiger partial charge in [-0.1, -0.05) is 25.1 Å². The van der Waals surface area contributed by atoms with E-state index in [-0.39, 0.29) is 5.69 Å². The summed E-state index contributed by atoms with van der Waals surface area (Å²) in [4.78, 5) is 11.6. The van der Waals surface area contributed by atoms with Crippen molar-refractivity contribution < 1.29 is 4.74 Å². The summed E-state index contributed by atoms with van der Waals surface area (Å²) in [7, 11) is 0. The number of hydrogen-bond donors (Lipinski definition) is 1. The highest BCUT2D eigenvalue weighted by atomic mass is 32.2. The van der Waals surface area contributed by atoms with E-state index in [1.807, 2.05) is 0 Å². The minimum atomic E-state index is -0.101. The molecule has 0 spiro atoms. The predicted molar refractivity (Wildman–Crippen MR) is 72.1 cm³/mol. The van der Waals surface area contributed by atoms with Gasteiger partial charge in [-0.3, -0.25) is 4.57 Å². The summed E-state index contributed by atoms with van der Waals surface area (Å²) < 4.78 is 7.41. The van der Waals surface area contributed by atoms with Crippen LogP contribution in [0.1, 0.15) is 39.0 Å². The minimum absolute atomic E-state index is 0.101. The summed E-state index contributed by atoms with van der Waals surface area (Å²) in [5, 5.41) is 7.41. The van der Waals surface area contributed by atoms with Crippen molar-refractivity contribution in [1.29, 1.82) is 0 Å². The lowest BCUT2D eigenvalue weighted by Crippen LogP contribution is -2.22. The zero-order valence-electron chi connectivity index (χ0n) is 10.9. The Labute approximate surface area is 111 Å². The molecule has 2 rings (SSSR count). The highest BCUT2D eigenvalue weighted by molar-refractivity contribution is 7.99. The molecule has 1 aliphatic heterocycles. The molecule has 1 aromatic heterocycles. The van der Waals surface area contributed by atoms with Crippen LogP contribution in [0.5, 0.6) is 0 Å². The van der Waals surface area contributed by atoms with Crippen molar-refractivity contribution >= 4 is 11.8 Å². The van der Waals surface area contributed by atoms with Crippen LogP contribution < -0.4 is 5.69 Å². The van der Waals surface area contributed by atoms with Crippen LogP contribution in [-0.2, 0) is 11.3 Å². The number of unbranched alkanes of at least 4 members (excludes halogenated alkanes) is 1. The molecule has 2 heterocycles. The fourth-order valence-corrected chi connectivity index (χ4v) is 3.07. The van der Waals surface area contributed by atoms with Gasteiger partial charge >= 0.3 is 5.69 Å². The molecule has 0 aliphatic carbocycles. The minimum Gasteiger partial charge on any atom is -0.377 e. The summed E-state index contributed by atoms with van der Waals surface area (Å²) >= 11 is 1.62. The van der Waals surface area contributed by atoms with Crippen molar-refractivity contribution in [3.05, 3.63) is 10.5 Å². The van der Waals surface area contributed by atoms with Gasteiger partial charge in [0.25, 0.3) is 0 Å². The van der Waals surface area contributed by atoms with E-state index in [0.717, 1.165) is 43.3 Å². The SMILES string of the molecule is CCCCn1c(SCC2CCCCO2)n[nH]c1=O. The third kappa shape index (κ3) is 3.62. The summed E-state index contributed by atoms with van der Waals surface area (Å²) in [5.74, 6) is 0.885. The van der Waals surface area contributed by atoms with Gasteiger partial charge in [0.2, 0.25) is 0 Å². The Hall–Kier alpha value is -0.750. The number of H-pyrrole nitrogens is 1. The van der Waals surface area contributed by atoms with Crippen molar-refractivity contribution in [2.24, 2.45) is 0 Å². The molecule has 1 saturated heterocycles. The van der Waals surface area contributed by atoms with Gasteiger partial charge in [0.05, 0.1) is 6.10 Å². The number of nitrogens with zero attached hydrogens (tertiary/aromatic N) is 2. The van der Waals surface area contributed by atoms with Crippen molar-refractivity contribution in [1.82, 2.24) is 14.8 Å². The Morgan fingerprint density at radius 1 is 1.56 bits per heavy atom. The molecule has 18 heavy (non-hydrogen) atoms. The van der Waals surface area contributed by atoms with Crippen LogP contribution in [0.4, 0.5) is 0 Å². The molecule has 5 nitrogen and oxygen atoms in total. The molecule has 1 aliphatic rings. The molecule has 1 atom stereocenters. The van der Waals surface area contributed by atoms with Crippen LogP contribution in [0.15, 0.2) is 9.95 Å². The van der Waals surface area contributed by atoms with E-state index in [9.17, 15) is 4.79 Å². The Morgan fingerprint density at radius 2 is 2.44 bits per heavy atom. The van der Waals surface area contributed by atoms with Crippen molar-refractivity contribution in [2.45, 2.75) is 56.8 Å². The van der Waals surface area contributed by atoms with Gasteiger partial charge in [-0.05, 0) is 25.7 Å². The van der Waals surface area contributed by atoms with E-state index in [0.29, 0.717) is 6.10 Å². The lowest BCUT2D eigenvalue weighted by atomic mass is 10.1. The topological polar surface area (TPSA) is 59.9 Å². The molecule has 1 unspecified atom stereocenters. The molecule has 0 bridgehead atoms. The molecule has 1 aromatic rings. The lowest BCUT2D eigenvalue weighted by Gasteiger charge is -2.21. The number of aromatic amines is 1. The number of aromatic nitrogens is 3. The molecule has 0 saturated carbocycles. The van der Waals surface area contributed by atoms with E-state index >= 15 is 0 Å². The highest BCUT2D eigenvalue weighted by Gasteiger charge is 2.16. The van der Waals surface area contributed by atoms with E-state index in [4.69, 9.17) is 4.74 Å². The quantitative estimate of drug-likeness (QED) is 0.804. The number of ether oxygens (including phenoxy) is 1. The van der Waals surface area contributed by atoms with Crippen molar-refractivity contribution in [2.75, 3.05) is 12.4 Å². The third-order valence-corrected chi connectivity index (χ3v) is 4.24. The second-order valence-corrected chi connectivity index (χ2v) is 5.60. The molecule has 0 aromatic carbocycles. The van der Waals surface area contributed by atoms with Crippen LogP contribution in [0, 0.1) is 0 Å². The molecule has 0 amide bonds. The smallest absolute Gasteiger partial charge is 0.343 e. The fourth-order valence-electron chi connectivity index (χ4n) is 2.03. The third-order valence-electron chi connectivity index (χ3n) is 3.13. The molecule has 0 radical (unpaired) electrons.